The SMILES string of the molecule is CN(Cc1cccc(Cl)c1Cl)C(=O)c1cc(O)ccc1N. The van der Waals surface area contributed by atoms with Crippen LogP contribution in [0.2, 0.25) is 10.0 Å². The molecule has 2 rings (SSSR count). The van der Waals surface area contributed by atoms with Crippen LogP contribution in [0.1, 0.15) is 15.9 Å². The maximum Gasteiger partial charge on any atom is 0.256 e. The van der Waals surface area contributed by atoms with Crippen molar-refractivity contribution in [3.63, 3.8) is 0 Å². The number of aromatic hydroxyl groups is 1. The number of halogens is 2. The number of nitrogen functional groups attached to an aromatic ring is 1. The minimum atomic E-state index is -0.306. The molecule has 110 valence electrons. The Labute approximate surface area is 132 Å². The van der Waals surface area contributed by atoms with E-state index < -0.39 is 0 Å². The average molecular weight is 325 g/mol. The summed E-state index contributed by atoms with van der Waals surface area (Å²) in [5.74, 6) is -0.318. The monoisotopic (exact) mass is 324 g/mol. The molecule has 0 bridgehead atoms. The molecule has 0 unspecified atom stereocenters. The van der Waals surface area contributed by atoms with Crippen molar-refractivity contribution in [3.05, 3.63) is 57.6 Å². The minimum Gasteiger partial charge on any atom is -0.508 e. The van der Waals surface area contributed by atoms with Crippen LogP contribution in [0.5, 0.6) is 5.75 Å². The van der Waals surface area contributed by atoms with Crippen LogP contribution in [0.3, 0.4) is 0 Å². The van der Waals surface area contributed by atoms with E-state index in [0.29, 0.717) is 15.7 Å². The second kappa shape index (κ2) is 6.24. The van der Waals surface area contributed by atoms with Crippen LogP contribution in [-0.4, -0.2) is 23.0 Å². The minimum absolute atomic E-state index is 0.0123. The summed E-state index contributed by atoms with van der Waals surface area (Å²) in [5.41, 5.74) is 7.06. The van der Waals surface area contributed by atoms with Gasteiger partial charge in [0.25, 0.3) is 5.91 Å². The maximum absolute atomic E-state index is 12.4. The summed E-state index contributed by atoms with van der Waals surface area (Å²) >= 11 is 12.1. The second-order valence-corrected chi connectivity index (χ2v) is 5.43. The predicted molar refractivity (Wildman–Crippen MR) is 84.8 cm³/mol. The Balaban J connectivity index is 2.24. The van der Waals surface area contributed by atoms with Crippen molar-refractivity contribution in [3.8, 4) is 5.75 Å². The lowest BCUT2D eigenvalue weighted by Gasteiger charge is -2.19. The topological polar surface area (TPSA) is 66.6 Å². The Morgan fingerprint density at radius 3 is 2.71 bits per heavy atom. The number of carbonyl (C=O) groups excluding carboxylic acids is 1. The Kier molecular flexibility index (Phi) is 4.60. The summed E-state index contributed by atoms with van der Waals surface area (Å²) in [6, 6.07) is 9.51. The Morgan fingerprint density at radius 2 is 2.00 bits per heavy atom. The van der Waals surface area contributed by atoms with Crippen LogP contribution >= 0.6 is 23.2 Å². The zero-order valence-corrected chi connectivity index (χ0v) is 12.8. The van der Waals surface area contributed by atoms with Crippen molar-refractivity contribution in [1.29, 1.82) is 0 Å². The first-order chi connectivity index (χ1) is 9.90. The fourth-order valence-corrected chi connectivity index (χ4v) is 2.31. The van der Waals surface area contributed by atoms with Crippen molar-refractivity contribution in [1.82, 2.24) is 4.90 Å². The van der Waals surface area contributed by atoms with Crippen molar-refractivity contribution in [2.24, 2.45) is 0 Å². The van der Waals surface area contributed by atoms with Crippen LogP contribution < -0.4 is 5.73 Å². The number of phenols is 1. The lowest BCUT2D eigenvalue weighted by molar-refractivity contribution is 0.0786. The number of amides is 1. The van der Waals surface area contributed by atoms with Gasteiger partial charge in [0.15, 0.2) is 0 Å². The van der Waals surface area contributed by atoms with E-state index in [1.54, 1.807) is 25.2 Å². The third kappa shape index (κ3) is 3.40. The van der Waals surface area contributed by atoms with E-state index in [1.807, 2.05) is 0 Å². The first kappa shape index (κ1) is 15.5. The Morgan fingerprint density at radius 1 is 1.29 bits per heavy atom. The first-order valence-electron chi connectivity index (χ1n) is 6.17. The zero-order valence-electron chi connectivity index (χ0n) is 11.3. The molecule has 0 saturated heterocycles. The fraction of sp³-hybridized carbons (Fsp3) is 0.133. The molecule has 0 spiro atoms. The van der Waals surface area contributed by atoms with E-state index >= 15 is 0 Å². The highest BCUT2D eigenvalue weighted by Crippen LogP contribution is 2.27. The van der Waals surface area contributed by atoms with E-state index in [2.05, 4.69) is 0 Å². The van der Waals surface area contributed by atoms with Gasteiger partial charge in [0.05, 0.1) is 15.6 Å². The van der Waals surface area contributed by atoms with Crippen LogP contribution in [-0.2, 0) is 6.54 Å². The molecule has 1 amide bonds. The average Bonchev–Trinajstić information content (AvgIpc) is 2.45. The van der Waals surface area contributed by atoms with E-state index in [9.17, 15) is 9.90 Å². The smallest absolute Gasteiger partial charge is 0.256 e. The summed E-state index contributed by atoms with van der Waals surface area (Å²) in [6.07, 6.45) is 0. The van der Waals surface area contributed by atoms with Gasteiger partial charge in [0, 0.05) is 19.3 Å². The van der Waals surface area contributed by atoms with Crippen molar-refractivity contribution in [2.45, 2.75) is 6.54 Å². The molecule has 0 aromatic heterocycles. The number of hydrogen-bond acceptors (Lipinski definition) is 3. The molecule has 6 heteroatoms. The number of phenolic OH excluding ortho intramolecular Hbond substituents is 1. The molecule has 0 heterocycles. The highest BCUT2D eigenvalue weighted by atomic mass is 35.5. The van der Waals surface area contributed by atoms with E-state index in [4.69, 9.17) is 28.9 Å². The van der Waals surface area contributed by atoms with E-state index in [0.717, 1.165) is 5.56 Å². The van der Waals surface area contributed by atoms with Gasteiger partial charge in [-0.25, -0.2) is 0 Å². The van der Waals surface area contributed by atoms with Gasteiger partial charge in [-0.3, -0.25) is 4.79 Å². The maximum atomic E-state index is 12.4. The molecular formula is C15H14Cl2N2O2. The third-order valence-electron chi connectivity index (χ3n) is 3.05. The summed E-state index contributed by atoms with van der Waals surface area (Å²) in [7, 11) is 1.63. The van der Waals surface area contributed by atoms with Crippen LogP contribution in [0.4, 0.5) is 5.69 Å². The van der Waals surface area contributed by atoms with Gasteiger partial charge >= 0.3 is 0 Å². The van der Waals surface area contributed by atoms with Gasteiger partial charge < -0.3 is 15.7 Å². The molecule has 2 aromatic carbocycles. The lowest BCUT2D eigenvalue weighted by atomic mass is 10.1. The highest BCUT2D eigenvalue weighted by molar-refractivity contribution is 6.42. The quantitative estimate of drug-likeness (QED) is 0.670. The van der Waals surface area contributed by atoms with Gasteiger partial charge in [-0.2, -0.15) is 0 Å². The third-order valence-corrected chi connectivity index (χ3v) is 3.91. The molecule has 0 saturated carbocycles. The normalized spacial score (nSPS) is 10.4. The largest absolute Gasteiger partial charge is 0.508 e. The summed E-state index contributed by atoms with van der Waals surface area (Å²) in [6.45, 7) is 0.285. The first-order valence-corrected chi connectivity index (χ1v) is 6.92. The molecular weight excluding hydrogens is 311 g/mol. The standard InChI is InChI=1S/C15H14Cl2N2O2/c1-19(8-9-3-2-4-12(16)14(9)17)15(21)11-7-10(20)5-6-13(11)18/h2-7,20H,8,18H2,1H3. The zero-order chi connectivity index (χ0) is 15.6. The van der Waals surface area contributed by atoms with Crippen LogP contribution in [0.15, 0.2) is 36.4 Å². The second-order valence-electron chi connectivity index (χ2n) is 4.65. The number of nitrogens with zero attached hydrogens (tertiary/aromatic N) is 1. The number of hydrogen-bond donors (Lipinski definition) is 2. The van der Waals surface area contributed by atoms with Gasteiger partial charge in [-0.15, -0.1) is 0 Å². The molecule has 0 aliphatic rings. The van der Waals surface area contributed by atoms with Gasteiger partial charge in [0.1, 0.15) is 5.75 Å². The summed E-state index contributed by atoms with van der Waals surface area (Å²) in [5, 5.41) is 10.3. The molecule has 4 nitrogen and oxygen atoms in total. The summed E-state index contributed by atoms with van der Waals surface area (Å²) in [4.78, 5) is 13.8. The predicted octanol–water partition coefficient (Wildman–Crippen LogP) is 3.55. The Bertz CT molecular complexity index is 689. The number of rotatable bonds is 3. The van der Waals surface area contributed by atoms with Gasteiger partial charge in [-0.05, 0) is 29.8 Å². The van der Waals surface area contributed by atoms with Crippen molar-refractivity contribution < 1.29 is 9.90 Å². The lowest BCUT2D eigenvalue weighted by Crippen LogP contribution is -2.27. The number of carbonyl (C=O) groups is 1. The molecule has 2 aromatic rings. The molecule has 0 radical (unpaired) electrons. The molecule has 0 aliphatic heterocycles. The summed E-state index contributed by atoms with van der Waals surface area (Å²) < 4.78 is 0. The van der Waals surface area contributed by atoms with E-state index in [1.165, 1.54) is 23.1 Å². The number of nitrogens with two attached hydrogens (primary N) is 1. The molecule has 21 heavy (non-hydrogen) atoms. The molecule has 0 aliphatic carbocycles. The molecule has 3 N–H and O–H groups in total. The van der Waals surface area contributed by atoms with Crippen molar-refractivity contribution in [2.75, 3.05) is 12.8 Å². The van der Waals surface area contributed by atoms with Gasteiger partial charge in [-0.1, -0.05) is 35.3 Å². The molecule has 0 fully saturated rings. The van der Waals surface area contributed by atoms with E-state index in [-0.39, 0.29) is 23.8 Å². The van der Waals surface area contributed by atoms with Crippen LogP contribution in [0, 0.1) is 0 Å². The highest BCUT2D eigenvalue weighted by Gasteiger charge is 2.17. The fourth-order valence-electron chi connectivity index (χ4n) is 1.93. The van der Waals surface area contributed by atoms with Gasteiger partial charge in [0.2, 0.25) is 0 Å². The Hall–Kier alpha value is -1.91. The number of benzene rings is 2. The van der Waals surface area contributed by atoms with Crippen molar-refractivity contribution >= 4 is 34.8 Å². The molecule has 0 atom stereocenters. The number of anilines is 1. The van der Waals surface area contributed by atoms with Crippen LogP contribution in [0.25, 0.3) is 0 Å².